The topological polar surface area (TPSA) is 16.4 Å². The predicted molar refractivity (Wildman–Crippen MR) is 249 cm³/mol. The van der Waals surface area contributed by atoms with Crippen molar-refractivity contribution in [2.45, 2.75) is 24.7 Å². The maximum absolute atomic E-state index is 6.40. The molecule has 0 bridgehead atoms. The fraction of sp³-hybridized carbons (Fsp3) is 0.0690. The summed E-state index contributed by atoms with van der Waals surface area (Å²) in [6.45, 7) is 4.76. The molecule has 60 heavy (non-hydrogen) atoms. The van der Waals surface area contributed by atoms with E-state index in [9.17, 15) is 0 Å². The fourth-order valence-corrected chi connectivity index (χ4v) is 10.6. The zero-order valence-electron chi connectivity index (χ0n) is 33.6. The zero-order valence-corrected chi connectivity index (χ0v) is 33.6. The van der Waals surface area contributed by atoms with Crippen LogP contribution in [-0.4, -0.2) is 0 Å². The van der Waals surface area contributed by atoms with Gasteiger partial charge in [0, 0.05) is 38.8 Å². The quantitative estimate of drug-likeness (QED) is 0.173. The monoisotopic (exact) mass is 767 g/mol. The molecule has 1 heterocycles. The van der Waals surface area contributed by atoms with Crippen LogP contribution < -0.4 is 4.90 Å². The van der Waals surface area contributed by atoms with E-state index in [4.69, 9.17) is 4.42 Å². The summed E-state index contributed by atoms with van der Waals surface area (Å²) in [7, 11) is 0. The Balaban J connectivity index is 0.938. The Morgan fingerprint density at radius 2 is 0.850 bits per heavy atom. The van der Waals surface area contributed by atoms with Gasteiger partial charge < -0.3 is 9.32 Å². The lowest BCUT2D eigenvalue weighted by Gasteiger charge is -2.46. The molecule has 1 spiro atoms. The molecule has 0 aliphatic heterocycles. The standard InChI is InChI=1S/C58H41NO/c1-57(2)51-22-9-11-24-53(51)58(54-25-12-10-23-52(54)57)49-21-8-6-17-45(49)48-37-40(31-36-50(48)58)38-27-32-42(33-28-38)59(41-15-4-3-5-16-41)43-34-29-39(30-35-43)44-19-14-20-47-46-18-7-13-26-55(46)60-56(44)47/h3-37H,1-2H3. The van der Waals surface area contributed by atoms with Gasteiger partial charge in [0.05, 0.1) is 5.41 Å². The van der Waals surface area contributed by atoms with Gasteiger partial charge in [0.15, 0.2) is 0 Å². The minimum absolute atomic E-state index is 0.113. The van der Waals surface area contributed by atoms with Crippen LogP contribution in [0.25, 0.3) is 55.3 Å². The highest BCUT2D eigenvalue weighted by molar-refractivity contribution is 6.09. The molecule has 0 saturated heterocycles. The molecule has 0 N–H and O–H groups in total. The molecule has 0 saturated carbocycles. The van der Waals surface area contributed by atoms with Crippen LogP contribution in [0.4, 0.5) is 17.1 Å². The molecule has 2 aliphatic rings. The van der Waals surface area contributed by atoms with Crippen molar-refractivity contribution in [1.29, 1.82) is 0 Å². The van der Waals surface area contributed by atoms with E-state index >= 15 is 0 Å². The molecule has 284 valence electrons. The Morgan fingerprint density at radius 3 is 1.55 bits per heavy atom. The summed E-state index contributed by atoms with van der Waals surface area (Å²) in [6, 6.07) is 77.8. The first kappa shape index (κ1) is 34.6. The first-order chi connectivity index (χ1) is 29.5. The number of furan rings is 1. The molecular weight excluding hydrogens is 727 g/mol. The lowest BCUT2D eigenvalue weighted by molar-refractivity contribution is 0.563. The Morgan fingerprint density at radius 1 is 0.350 bits per heavy atom. The second kappa shape index (κ2) is 13.0. The third kappa shape index (κ3) is 4.88. The number of fused-ring (bicyclic) bond motifs is 12. The summed E-state index contributed by atoms with van der Waals surface area (Å²) < 4.78 is 6.40. The van der Waals surface area contributed by atoms with Crippen LogP contribution in [-0.2, 0) is 10.8 Å². The maximum Gasteiger partial charge on any atom is 0.143 e. The van der Waals surface area contributed by atoms with Crippen LogP contribution in [0.2, 0.25) is 0 Å². The van der Waals surface area contributed by atoms with Gasteiger partial charge in [-0.2, -0.15) is 0 Å². The number of benzene rings is 9. The molecule has 12 rings (SSSR count). The van der Waals surface area contributed by atoms with E-state index in [0.29, 0.717) is 0 Å². The van der Waals surface area contributed by atoms with Gasteiger partial charge in [-0.15, -0.1) is 0 Å². The molecule has 0 atom stereocenters. The van der Waals surface area contributed by atoms with Crippen molar-refractivity contribution in [3.8, 4) is 33.4 Å². The molecule has 2 aliphatic carbocycles. The second-order valence-electron chi connectivity index (χ2n) is 16.8. The van der Waals surface area contributed by atoms with E-state index in [2.05, 4.69) is 219 Å². The highest BCUT2D eigenvalue weighted by atomic mass is 16.3. The van der Waals surface area contributed by atoms with Crippen LogP contribution in [0.1, 0.15) is 47.2 Å². The summed E-state index contributed by atoms with van der Waals surface area (Å²) in [6.07, 6.45) is 0. The highest BCUT2D eigenvalue weighted by Gasteiger charge is 2.53. The van der Waals surface area contributed by atoms with Gasteiger partial charge in [0.25, 0.3) is 0 Å². The van der Waals surface area contributed by atoms with Crippen LogP contribution in [0.15, 0.2) is 217 Å². The highest BCUT2D eigenvalue weighted by Crippen LogP contribution is 2.62. The number of rotatable bonds is 5. The van der Waals surface area contributed by atoms with Crippen molar-refractivity contribution >= 4 is 39.0 Å². The van der Waals surface area contributed by atoms with E-state index in [-0.39, 0.29) is 10.8 Å². The number of nitrogens with zero attached hydrogens (tertiary/aromatic N) is 1. The summed E-state index contributed by atoms with van der Waals surface area (Å²) in [4.78, 5) is 2.33. The molecule has 0 fully saturated rings. The third-order valence-corrected chi connectivity index (χ3v) is 13.4. The van der Waals surface area contributed by atoms with Gasteiger partial charge >= 0.3 is 0 Å². The molecule has 1 aromatic heterocycles. The SMILES string of the molecule is CC1(C)c2ccccc2C2(c3ccccc3-c3cc(-c4ccc(N(c5ccccc5)c5ccc(-c6cccc7c6oc6ccccc67)cc5)cc4)ccc32)c2ccccc21. The predicted octanol–water partition coefficient (Wildman–Crippen LogP) is 15.4. The Hall–Kier alpha value is -7.42. The molecule has 10 aromatic rings. The van der Waals surface area contributed by atoms with E-state index in [1.807, 2.05) is 12.1 Å². The first-order valence-corrected chi connectivity index (χ1v) is 20.9. The van der Waals surface area contributed by atoms with Crippen molar-refractivity contribution in [1.82, 2.24) is 0 Å². The smallest absolute Gasteiger partial charge is 0.143 e. The van der Waals surface area contributed by atoms with Crippen molar-refractivity contribution in [3.05, 3.63) is 246 Å². The van der Waals surface area contributed by atoms with E-state index in [1.54, 1.807) is 0 Å². The van der Waals surface area contributed by atoms with Crippen molar-refractivity contribution in [2.24, 2.45) is 0 Å². The third-order valence-electron chi connectivity index (χ3n) is 13.4. The Kier molecular flexibility index (Phi) is 7.52. The number of para-hydroxylation sites is 3. The fourth-order valence-electron chi connectivity index (χ4n) is 10.6. The second-order valence-corrected chi connectivity index (χ2v) is 16.8. The summed E-state index contributed by atoms with van der Waals surface area (Å²) >= 11 is 0. The van der Waals surface area contributed by atoms with Gasteiger partial charge in [-0.05, 0) is 110 Å². The molecular formula is C58H41NO. The molecule has 0 unspecified atom stereocenters. The molecule has 9 aromatic carbocycles. The van der Waals surface area contributed by atoms with Crippen molar-refractivity contribution < 1.29 is 4.42 Å². The van der Waals surface area contributed by atoms with E-state index < -0.39 is 0 Å². The molecule has 0 amide bonds. The van der Waals surface area contributed by atoms with Crippen molar-refractivity contribution in [2.75, 3.05) is 4.90 Å². The van der Waals surface area contributed by atoms with Gasteiger partial charge in [-0.1, -0.05) is 178 Å². The van der Waals surface area contributed by atoms with E-state index in [1.165, 1.54) is 55.6 Å². The first-order valence-electron chi connectivity index (χ1n) is 20.9. The minimum Gasteiger partial charge on any atom is -0.455 e. The van der Waals surface area contributed by atoms with E-state index in [0.717, 1.165) is 50.1 Å². The maximum atomic E-state index is 6.40. The molecule has 2 heteroatoms. The zero-order chi connectivity index (χ0) is 40.0. The lowest BCUT2D eigenvalue weighted by Crippen LogP contribution is -2.40. The van der Waals surface area contributed by atoms with Crippen LogP contribution in [0, 0.1) is 0 Å². The number of anilines is 3. The molecule has 0 radical (unpaired) electrons. The minimum atomic E-state index is -0.388. The Bertz CT molecular complexity index is 3230. The van der Waals surface area contributed by atoms with Crippen LogP contribution in [0.3, 0.4) is 0 Å². The van der Waals surface area contributed by atoms with Gasteiger partial charge in [-0.3, -0.25) is 0 Å². The number of hydrogen-bond donors (Lipinski definition) is 0. The average Bonchev–Trinajstić information content (AvgIpc) is 3.83. The summed E-state index contributed by atoms with van der Waals surface area (Å²) in [5.41, 5.74) is 20.1. The van der Waals surface area contributed by atoms with Crippen LogP contribution in [0.5, 0.6) is 0 Å². The van der Waals surface area contributed by atoms with Gasteiger partial charge in [0.2, 0.25) is 0 Å². The number of hydrogen-bond acceptors (Lipinski definition) is 2. The average molecular weight is 768 g/mol. The van der Waals surface area contributed by atoms with Crippen molar-refractivity contribution in [3.63, 3.8) is 0 Å². The molecule has 2 nitrogen and oxygen atoms in total. The summed E-state index contributed by atoms with van der Waals surface area (Å²) in [5.74, 6) is 0. The normalized spacial score (nSPS) is 14.1. The summed E-state index contributed by atoms with van der Waals surface area (Å²) in [5, 5.41) is 2.28. The largest absolute Gasteiger partial charge is 0.455 e. The Labute approximate surface area is 350 Å². The van der Waals surface area contributed by atoms with Gasteiger partial charge in [0.1, 0.15) is 11.2 Å². The van der Waals surface area contributed by atoms with Crippen LogP contribution >= 0.6 is 0 Å². The lowest BCUT2D eigenvalue weighted by atomic mass is 9.55. The van der Waals surface area contributed by atoms with Gasteiger partial charge in [-0.25, -0.2) is 0 Å².